The summed E-state index contributed by atoms with van der Waals surface area (Å²) >= 11 is 5.61. The highest BCUT2D eigenvalue weighted by Crippen LogP contribution is 2.18. The van der Waals surface area contributed by atoms with Crippen molar-refractivity contribution in [3.63, 3.8) is 0 Å². The van der Waals surface area contributed by atoms with Crippen LogP contribution in [-0.4, -0.2) is 42.2 Å². The van der Waals surface area contributed by atoms with Gasteiger partial charge in [0.05, 0.1) is 6.20 Å². The molecule has 1 atom stereocenters. The van der Waals surface area contributed by atoms with E-state index in [1.807, 2.05) is 0 Å². The van der Waals surface area contributed by atoms with Crippen LogP contribution in [0.5, 0.6) is 5.75 Å². The van der Waals surface area contributed by atoms with Crippen LogP contribution in [0.15, 0.2) is 18.3 Å². The summed E-state index contributed by atoms with van der Waals surface area (Å²) < 4.78 is 51.3. The number of pyridine rings is 1. The standard InChI is InChI=1S/C12H14ClF2NO4S/c1-3-21(18,19)11(13)10(17)9-5-4-8(6-16-9)20-7-12(2,14)15/h4-6,11H,3,7H2,1-2H3. The molecule has 0 saturated carbocycles. The second-order valence-electron chi connectivity index (χ2n) is 4.37. The van der Waals surface area contributed by atoms with E-state index < -0.39 is 32.9 Å². The maximum Gasteiger partial charge on any atom is 0.278 e. The number of hydrogen-bond donors (Lipinski definition) is 0. The minimum atomic E-state index is -3.74. The van der Waals surface area contributed by atoms with Gasteiger partial charge in [-0.3, -0.25) is 4.79 Å². The summed E-state index contributed by atoms with van der Waals surface area (Å²) in [5, 5.41) is 0. The number of alkyl halides is 3. The van der Waals surface area contributed by atoms with E-state index in [4.69, 9.17) is 16.3 Å². The highest BCUT2D eigenvalue weighted by Gasteiger charge is 2.30. The molecule has 1 rings (SSSR count). The van der Waals surface area contributed by atoms with Crippen LogP contribution in [-0.2, 0) is 9.84 Å². The third-order valence-corrected chi connectivity index (χ3v) is 5.07. The van der Waals surface area contributed by atoms with Gasteiger partial charge in [-0.15, -0.1) is 0 Å². The molecule has 0 bridgehead atoms. The summed E-state index contributed by atoms with van der Waals surface area (Å²) in [6.07, 6.45) is 1.06. The molecule has 0 saturated heterocycles. The van der Waals surface area contributed by atoms with E-state index in [0.29, 0.717) is 6.92 Å². The molecule has 5 nitrogen and oxygen atoms in total. The first kappa shape index (κ1) is 17.8. The van der Waals surface area contributed by atoms with Gasteiger partial charge in [0.2, 0.25) is 5.78 Å². The molecular formula is C12H14ClF2NO4S. The molecule has 9 heteroatoms. The first-order chi connectivity index (χ1) is 9.57. The van der Waals surface area contributed by atoms with Gasteiger partial charge in [0.1, 0.15) is 11.4 Å². The molecule has 1 aromatic heterocycles. The van der Waals surface area contributed by atoms with Crippen LogP contribution < -0.4 is 4.74 Å². The molecule has 1 unspecified atom stereocenters. The van der Waals surface area contributed by atoms with E-state index in [1.165, 1.54) is 19.1 Å². The van der Waals surface area contributed by atoms with E-state index in [9.17, 15) is 22.0 Å². The number of ketones is 1. The molecule has 0 N–H and O–H groups in total. The molecule has 1 heterocycles. The van der Waals surface area contributed by atoms with Crippen molar-refractivity contribution in [3.05, 3.63) is 24.0 Å². The molecule has 0 aliphatic rings. The van der Waals surface area contributed by atoms with Crippen molar-refractivity contribution < 1.29 is 26.7 Å². The fourth-order valence-electron chi connectivity index (χ4n) is 1.25. The predicted molar refractivity (Wildman–Crippen MR) is 73.8 cm³/mol. The Kier molecular flexibility index (Phi) is 5.63. The number of nitrogens with zero attached hydrogens (tertiary/aromatic N) is 1. The van der Waals surface area contributed by atoms with Gasteiger partial charge < -0.3 is 4.74 Å². The predicted octanol–water partition coefficient (Wildman–Crippen LogP) is 2.30. The number of halogens is 3. The number of rotatable bonds is 7. The average Bonchev–Trinajstić information content (AvgIpc) is 2.43. The van der Waals surface area contributed by atoms with Crippen LogP contribution >= 0.6 is 11.6 Å². The maximum atomic E-state index is 12.6. The molecule has 21 heavy (non-hydrogen) atoms. The van der Waals surface area contributed by atoms with Gasteiger partial charge in [-0.25, -0.2) is 22.2 Å². The van der Waals surface area contributed by atoms with Gasteiger partial charge >= 0.3 is 0 Å². The van der Waals surface area contributed by atoms with E-state index >= 15 is 0 Å². The van der Waals surface area contributed by atoms with E-state index in [-0.39, 0.29) is 17.2 Å². The number of Topliss-reactive ketones (excluding diaryl/α,β-unsaturated/α-hetero) is 1. The highest BCUT2D eigenvalue weighted by molar-refractivity contribution is 7.94. The van der Waals surface area contributed by atoms with Gasteiger partial charge in [-0.2, -0.15) is 0 Å². The quantitative estimate of drug-likeness (QED) is 0.562. The van der Waals surface area contributed by atoms with Gasteiger partial charge in [0, 0.05) is 12.7 Å². The van der Waals surface area contributed by atoms with Crippen LogP contribution in [0.25, 0.3) is 0 Å². The minimum Gasteiger partial charge on any atom is -0.486 e. The second-order valence-corrected chi connectivity index (χ2v) is 7.44. The van der Waals surface area contributed by atoms with E-state index in [2.05, 4.69) is 4.98 Å². The lowest BCUT2D eigenvalue weighted by atomic mass is 10.2. The lowest BCUT2D eigenvalue weighted by Gasteiger charge is -2.12. The minimum absolute atomic E-state index is 0.0394. The summed E-state index contributed by atoms with van der Waals surface area (Å²) in [5.41, 5.74) is -0.178. The zero-order valence-electron chi connectivity index (χ0n) is 11.3. The van der Waals surface area contributed by atoms with Crippen LogP contribution in [0, 0.1) is 0 Å². The Morgan fingerprint density at radius 2 is 2.10 bits per heavy atom. The highest BCUT2D eigenvalue weighted by atomic mass is 35.5. The number of ether oxygens (including phenoxy) is 1. The summed E-state index contributed by atoms with van der Waals surface area (Å²) in [5.74, 6) is -4.10. The lowest BCUT2D eigenvalue weighted by molar-refractivity contribution is -0.0230. The Bertz CT molecular complexity index is 599. The maximum absolute atomic E-state index is 12.6. The third-order valence-electron chi connectivity index (χ3n) is 2.40. The first-order valence-corrected chi connectivity index (χ1v) is 8.08. The smallest absolute Gasteiger partial charge is 0.278 e. The Labute approximate surface area is 126 Å². The van der Waals surface area contributed by atoms with Crippen molar-refractivity contribution in [3.8, 4) is 5.75 Å². The van der Waals surface area contributed by atoms with Gasteiger partial charge in [0.25, 0.3) is 5.92 Å². The van der Waals surface area contributed by atoms with Crippen molar-refractivity contribution in [2.24, 2.45) is 0 Å². The van der Waals surface area contributed by atoms with Crippen LogP contribution in [0.3, 0.4) is 0 Å². The molecule has 0 aliphatic carbocycles. The molecule has 1 aromatic rings. The number of carbonyl (C=O) groups excluding carboxylic acids is 1. The second kappa shape index (κ2) is 6.65. The van der Waals surface area contributed by atoms with E-state index in [1.54, 1.807) is 0 Å². The molecule has 118 valence electrons. The van der Waals surface area contributed by atoms with Crippen LogP contribution in [0.2, 0.25) is 0 Å². The average molecular weight is 342 g/mol. The van der Waals surface area contributed by atoms with Gasteiger partial charge in [-0.1, -0.05) is 18.5 Å². The fraction of sp³-hybridized carbons (Fsp3) is 0.500. The molecule has 0 aromatic carbocycles. The lowest BCUT2D eigenvalue weighted by Crippen LogP contribution is -2.27. The molecule has 0 spiro atoms. The van der Waals surface area contributed by atoms with Crippen molar-refractivity contribution in [2.45, 2.75) is 24.5 Å². The zero-order valence-corrected chi connectivity index (χ0v) is 12.9. The molecule has 0 radical (unpaired) electrons. The molecule has 0 fully saturated rings. The Hall–Kier alpha value is -1.28. The third kappa shape index (κ3) is 5.20. The van der Waals surface area contributed by atoms with Crippen LogP contribution in [0.4, 0.5) is 8.78 Å². The largest absolute Gasteiger partial charge is 0.486 e. The topological polar surface area (TPSA) is 73.3 Å². The van der Waals surface area contributed by atoms with Crippen molar-refractivity contribution in [1.29, 1.82) is 0 Å². The van der Waals surface area contributed by atoms with Crippen molar-refractivity contribution in [2.75, 3.05) is 12.4 Å². The molecule has 0 amide bonds. The van der Waals surface area contributed by atoms with Crippen molar-refractivity contribution >= 4 is 27.2 Å². The Morgan fingerprint density at radius 3 is 2.52 bits per heavy atom. The SMILES string of the molecule is CCS(=O)(=O)C(Cl)C(=O)c1ccc(OCC(C)(F)F)cn1. The Morgan fingerprint density at radius 1 is 1.48 bits per heavy atom. The van der Waals surface area contributed by atoms with Crippen molar-refractivity contribution in [1.82, 2.24) is 4.98 Å². The number of hydrogen-bond acceptors (Lipinski definition) is 5. The summed E-state index contributed by atoms with van der Waals surface area (Å²) in [6, 6.07) is 2.42. The van der Waals surface area contributed by atoms with Crippen LogP contribution in [0.1, 0.15) is 24.3 Å². The summed E-state index contributed by atoms with van der Waals surface area (Å²) in [6.45, 7) is 1.24. The van der Waals surface area contributed by atoms with Gasteiger partial charge in [-0.05, 0) is 12.1 Å². The first-order valence-electron chi connectivity index (χ1n) is 5.93. The molecular weight excluding hydrogens is 328 g/mol. The number of sulfone groups is 1. The summed E-state index contributed by atoms with van der Waals surface area (Å²) in [4.78, 5) is 15.5. The molecule has 0 aliphatic heterocycles. The summed E-state index contributed by atoms with van der Waals surface area (Å²) in [7, 11) is -3.74. The fourth-order valence-corrected chi connectivity index (χ4v) is 2.48. The number of aromatic nitrogens is 1. The normalized spacial score (nSPS) is 13.8. The monoisotopic (exact) mass is 341 g/mol. The Balaban J connectivity index is 2.81. The number of carbonyl (C=O) groups is 1. The van der Waals surface area contributed by atoms with Gasteiger partial charge in [0.15, 0.2) is 21.2 Å². The zero-order chi connectivity index (χ0) is 16.3. The van der Waals surface area contributed by atoms with E-state index in [0.717, 1.165) is 6.20 Å².